The Balaban J connectivity index is 1.27. The Hall–Kier alpha value is -3.08. The summed E-state index contributed by atoms with van der Waals surface area (Å²) in [7, 11) is 0. The number of carbonyl (C=O) groups excluding carboxylic acids is 2. The number of hydrogen-bond donors (Lipinski definition) is 0. The number of rotatable bonds is 15. The number of unbranched alkanes of at least 4 members (excludes halogenated alkanes) is 3. The van der Waals surface area contributed by atoms with Gasteiger partial charge in [-0.25, -0.2) is 4.79 Å². The molecule has 0 saturated heterocycles. The van der Waals surface area contributed by atoms with E-state index in [0.29, 0.717) is 25.7 Å². The Labute approximate surface area is 209 Å². The molecule has 35 heavy (non-hydrogen) atoms. The van der Waals surface area contributed by atoms with Crippen LogP contribution in [0, 0.1) is 5.92 Å². The highest BCUT2D eigenvalue weighted by Crippen LogP contribution is 2.35. The lowest BCUT2D eigenvalue weighted by molar-refractivity contribution is -0.137. The summed E-state index contributed by atoms with van der Waals surface area (Å²) < 4.78 is 16.7. The van der Waals surface area contributed by atoms with Crippen LogP contribution in [0.1, 0.15) is 68.4 Å². The third-order valence-electron chi connectivity index (χ3n) is 6.62. The van der Waals surface area contributed by atoms with Crippen LogP contribution in [0.5, 0.6) is 11.5 Å². The zero-order valence-electron chi connectivity index (χ0n) is 20.7. The SMILES string of the molecule is C=CC(=O)OCCCCCCOc1ccc(CCOc2ccc(C3CCC(C=O)CC3)cc2)cc1. The van der Waals surface area contributed by atoms with Crippen molar-refractivity contribution < 1.29 is 23.8 Å². The van der Waals surface area contributed by atoms with Gasteiger partial charge in [-0.1, -0.05) is 30.8 Å². The Morgan fingerprint density at radius 3 is 2.03 bits per heavy atom. The quantitative estimate of drug-likeness (QED) is 0.127. The molecule has 0 aliphatic heterocycles. The van der Waals surface area contributed by atoms with Gasteiger partial charge in [-0.2, -0.15) is 0 Å². The number of hydrogen-bond acceptors (Lipinski definition) is 5. The van der Waals surface area contributed by atoms with Crippen molar-refractivity contribution >= 4 is 12.3 Å². The van der Waals surface area contributed by atoms with E-state index in [0.717, 1.165) is 75.6 Å². The molecule has 0 amide bonds. The van der Waals surface area contributed by atoms with E-state index in [1.54, 1.807) is 0 Å². The molecule has 0 N–H and O–H groups in total. The molecule has 0 bridgehead atoms. The first-order valence-corrected chi connectivity index (χ1v) is 12.9. The first kappa shape index (κ1) is 26.5. The van der Waals surface area contributed by atoms with Crippen LogP contribution in [0.4, 0.5) is 0 Å². The molecule has 3 rings (SSSR count). The lowest BCUT2D eigenvalue weighted by atomic mass is 9.79. The van der Waals surface area contributed by atoms with Crippen LogP contribution in [0.15, 0.2) is 61.2 Å². The van der Waals surface area contributed by atoms with Gasteiger partial charge in [0.05, 0.1) is 19.8 Å². The van der Waals surface area contributed by atoms with Crippen LogP contribution in [0.25, 0.3) is 0 Å². The van der Waals surface area contributed by atoms with Crippen molar-refractivity contribution in [3.05, 3.63) is 72.3 Å². The summed E-state index contributed by atoms with van der Waals surface area (Å²) in [6, 6.07) is 16.7. The van der Waals surface area contributed by atoms with Crippen molar-refractivity contribution in [3.8, 4) is 11.5 Å². The highest BCUT2D eigenvalue weighted by atomic mass is 16.5. The van der Waals surface area contributed by atoms with E-state index in [1.165, 1.54) is 17.2 Å². The normalized spacial score (nSPS) is 17.4. The van der Waals surface area contributed by atoms with Gasteiger partial charge in [-0.05, 0) is 92.7 Å². The molecule has 5 heteroatoms. The molecule has 0 atom stereocenters. The average molecular weight is 479 g/mol. The number of benzene rings is 2. The summed E-state index contributed by atoms with van der Waals surface area (Å²) in [5, 5.41) is 0. The second-order valence-electron chi connectivity index (χ2n) is 9.19. The third-order valence-corrected chi connectivity index (χ3v) is 6.62. The topological polar surface area (TPSA) is 61.8 Å². The lowest BCUT2D eigenvalue weighted by Gasteiger charge is -2.25. The van der Waals surface area contributed by atoms with Crippen LogP contribution in [-0.4, -0.2) is 32.1 Å². The van der Waals surface area contributed by atoms with Gasteiger partial charge in [0.1, 0.15) is 17.8 Å². The molecule has 2 aromatic carbocycles. The maximum Gasteiger partial charge on any atom is 0.330 e. The summed E-state index contributed by atoms with van der Waals surface area (Å²) in [6.07, 6.45) is 11.3. The minimum atomic E-state index is -0.358. The molecule has 0 radical (unpaired) electrons. The number of carbonyl (C=O) groups is 2. The molecule has 1 saturated carbocycles. The van der Waals surface area contributed by atoms with Gasteiger partial charge in [-0.15, -0.1) is 0 Å². The van der Waals surface area contributed by atoms with Gasteiger partial charge < -0.3 is 19.0 Å². The van der Waals surface area contributed by atoms with E-state index >= 15 is 0 Å². The van der Waals surface area contributed by atoms with Crippen molar-refractivity contribution in [3.63, 3.8) is 0 Å². The maximum atomic E-state index is 11.0. The zero-order chi connectivity index (χ0) is 24.7. The van der Waals surface area contributed by atoms with Gasteiger partial charge >= 0.3 is 5.97 Å². The van der Waals surface area contributed by atoms with Crippen LogP contribution < -0.4 is 9.47 Å². The van der Waals surface area contributed by atoms with Gasteiger partial charge in [-0.3, -0.25) is 0 Å². The van der Waals surface area contributed by atoms with Crippen molar-refractivity contribution in [2.45, 2.75) is 63.7 Å². The van der Waals surface area contributed by atoms with Gasteiger partial charge in [0.25, 0.3) is 0 Å². The molecule has 1 fully saturated rings. The Morgan fingerprint density at radius 1 is 0.800 bits per heavy atom. The highest BCUT2D eigenvalue weighted by molar-refractivity contribution is 5.81. The van der Waals surface area contributed by atoms with Crippen LogP contribution in [-0.2, 0) is 20.7 Å². The first-order chi connectivity index (χ1) is 17.2. The van der Waals surface area contributed by atoms with E-state index in [4.69, 9.17) is 14.2 Å². The average Bonchev–Trinajstić information content (AvgIpc) is 2.91. The molecular weight excluding hydrogens is 440 g/mol. The van der Waals surface area contributed by atoms with Gasteiger partial charge in [0.2, 0.25) is 0 Å². The molecule has 1 aliphatic rings. The number of ether oxygens (including phenoxy) is 3. The second-order valence-corrected chi connectivity index (χ2v) is 9.19. The van der Waals surface area contributed by atoms with Gasteiger partial charge in [0.15, 0.2) is 0 Å². The molecule has 0 spiro atoms. The van der Waals surface area contributed by atoms with Crippen LogP contribution in [0.3, 0.4) is 0 Å². The van der Waals surface area contributed by atoms with E-state index in [2.05, 4.69) is 43.0 Å². The zero-order valence-corrected chi connectivity index (χ0v) is 20.7. The van der Waals surface area contributed by atoms with Crippen LogP contribution in [0.2, 0.25) is 0 Å². The molecule has 0 heterocycles. The molecule has 5 nitrogen and oxygen atoms in total. The van der Waals surface area contributed by atoms with Crippen molar-refractivity contribution in [2.75, 3.05) is 19.8 Å². The van der Waals surface area contributed by atoms with Crippen molar-refractivity contribution in [1.82, 2.24) is 0 Å². The minimum absolute atomic E-state index is 0.257. The minimum Gasteiger partial charge on any atom is -0.494 e. The first-order valence-electron chi connectivity index (χ1n) is 12.9. The maximum absolute atomic E-state index is 11.0. The summed E-state index contributed by atoms with van der Waals surface area (Å²) in [5.74, 6) is 2.24. The smallest absolute Gasteiger partial charge is 0.330 e. The largest absolute Gasteiger partial charge is 0.494 e. The fourth-order valence-electron chi connectivity index (χ4n) is 4.44. The molecule has 188 valence electrons. The lowest BCUT2D eigenvalue weighted by Crippen LogP contribution is -2.14. The summed E-state index contributed by atoms with van der Waals surface area (Å²) in [6.45, 7) is 5.14. The monoisotopic (exact) mass is 478 g/mol. The van der Waals surface area contributed by atoms with Crippen LogP contribution >= 0.6 is 0 Å². The van der Waals surface area contributed by atoms with Gasteiger partial charge in [0, 0.05) is 18.4 Å². The van der Waals surface area contributed by atoms with E-state index in [1.807, 2.05) is 12.1 Å². The Kier molecular flexibility index (Phi) is 11.4. The molecule has 2 aromatic rings. The van der Waals surface area contributed by atoms with E-state index in [9.17, 15) is 9.59 Å². The van der Waals surface area contributed by atoms with Crippen molar-refractivity contribution in [1.29, 1.82) is 0 Å². The molecule has 0 aromatic heterocycles. The fraction of sp³-hybridized carbons (Fsp3) is 0.467. The Bertz CT molecular complexity index is 895. The molecule has 0 unspecified atom stereocenters. The number of aldehydes is 1. The summed E-state index contributed by atoms with van der Waals surface area (Å²) in [5.41, 5.74) is 2.57. The summed E-state index contributed by atoms with van der Waals surface area (Å²) >= 11 is 0. The number of esters is 1. The fourth-order valence-corrected chi connectivity index (χ4v) is 4.44. The molecular formula is C30H38O5. The Morgan fingerprint density at radius 2 is 1.40 bits per heavy atom. The standard InChI is InChI=1S/C30H38O5/c1-2-30(32)35-21-6-4-3-5-20-33-28-15-9-24(10-16-28)19-22-34-29-17-13-27(14-18-29)26-11-7-25(23-31)8-12-26/h2,9-10,13-18,23,25-26H,1,3-8,11-12,19-22H2. The predicted molar refractivity (Wildman–Crippen MR) is 138 cm³/mol. The third kappa shape index (κ3) is 9.59. The second kappa shape index (κ2) is 15.0. The predicted octanol–water partition coefficient (Wildman–Crippen LogP) is 6.45. The van der Waals surface area contributed by atoms with Crippen molar-refractivity contribution in [2.24, 2.45) is 5.92 Å². The van der Waals surface area contributed by atoms with E-state index < -0.39 is 0 Å². The molecule has 1 aliphatic carbocycles. The van der Waals surface area contributed by atoms with E-state index in [-0.39, 0.29) is 11.9 Å². The summed E-state index contributed by atoms with van der Waals surface area (Å²) in [4.78, 5) is 21.9. The highest BCUT2D eigenvalue weighted by Gasteiger charge is 2.21.